The van der Waals surface area contributed by atoms with E-state index < -0.39 is 0 Å². The van der Waals surface area contributed by atoms with Crippen LogP contribution in [0.1, 0.15) is 12.5 Å². The summed E-state index contributed by atoms with van der Waals surface area (Å²) >= 11 is 13.5. The molecule has 0 fully saturated rings. The van der Waals surface area contributed by atoms with Crippen LogP contribution in [0, 0.1) is 0 Å². The summed E-state index contributed by atoms with van der Waals surface area (Å²) in [5, 5.41) is 17.5. The van der Waals surface area contributed by atoms with Gasteiger partial charge in [0.15, 0.2) is 11.5 Å². The second-order valence-corrected chi connectivity index (χ2v) is 6.89. The Morgan fingerprint density at radius 3 is 2.88 bits per heavy atom. The minimum atomic E-state index is 0.0985. The SMILES string of the molecule is CCOc1cc(/C=N\Nc2nc(-c3ccc(Cl)cc3Cl)cs2)ccc1O. The van der Waals surface area contributed by atoms with E-state index in [1.807, 2.05) is 18.4 Å². The average molecular weight is 408 g/mol. The van der Waals surface area contributed by atoms with Gasteiger partial charge in [-0.2, -0.15) is 5.10 Å². The van der Waals surface area contributed by atoms with E-state index in [0.717, 1.165) is 16.8 Å². The average Bonchev–Trinajstić information content (AvgIpc) is 3.06. The zero-order valence-corrected chi connectivity index (χ0v) is 16.1. The van der Waals surface area contributed by atoms with Crippen molar-refractivity contribution in [2.24, 2.45) is 5.10 Å². The van der Waals surface area contributed by atoms with Gasteiger partial charge in [-0.25, -0.2) is 4.98 Å². The Hall–Kier alpha value is -2.28. The van der Waals surface area contributed by atoms with Crippen LogP contribution in [0.4, 0.5) is 5.13 Å². The fourth-order valence-electron chi connectivity index (χ4n) is 2.19. The number of phenolic OH excluding ortho intramolecular Hbond substituents is 1. The summed E-state index contributed by atoms with van der Waals surface area (Å²) in [6.07, 6.45) is 1.62. The summed E-state index contributed by atoms with van der Waals surface area (Å²) in [5.74, 6) is 0.520. The number of nitrogens with zero attached hydrogens (tertiary/aromatic N) is 2. The Balaban J connectivity index is 1.70. The van der Waals surface area contributed by atoms with Crippen LogP contribution in [-0.2, 0) is 0 Å². The number of hydrogen-bond donors (Lipinski definition) is 2. The lowest BCUT2D eigenvalue weighted by atomic mass is 10.2. The third-order valence-electron chi connectivity index (χ3n) is 3.37. The molecule has 0 unspecified atom stereocenters. The van der Waals surface area contributed by atoms with Crippen LogP contribution in [-0.4, -0.2) is 22.9 Å². The second-order valence-electron chi connectivity index (χ2n) is 5.19. The van der Waals surface area contributed by atoms with Gasteiger partial charge in [0.2, 0.25) is 5.13 Å². The number of hydrazone groups is 1. The molecule has 0 saturated heterocycles. The van der Waals surface area contributed by atoms with Crippen molar-refractivity contribution in [3.05, 3.63) is 57.4 Å². The first-order chi connectivity index (χ1) is 12.6. The highest BCUT2D eigenvalue weighted by Crippen LogP contribution is 2.32. The van der Waals surface area contributed by atoms with Crippen LogP contribution in [0.5, 0.6) is 11.5 Å². The third-order valence-corrected chi connectivity index (χ3v) is 4.66. The van der Waals surface area contributed by atoms with E-state index in [4.69, 9.17) is 27.9 Å². The van der Waals surface area contributed by atoms with Gasteiger partial charge >= 0.3 is 0 Å². The van der Waals surface area contributed by atoms with Crippen LogP contribution >= 0.6 is 34.5 Å². The standard InChI is InChI=1S/C18H15Cl2N3O2S/c1-2-25-17-7-11(3-6-16(17)24)9-21-23-18-22-15(10-26-18)13-5-4-12(19)8-14(13)20/h3-10,24H,2H2,1H3,(H,22,23)/b21-9-. The Labute approximate surface area is 164 Å². The van der Waals surface area contributed by atoms with Gasteiger partial charge in [-0.1, -0.05) is 23.2 Å². The number of anilines is 1. The van der Waals surface area contributed by atoms with Crippen molar-refractivity contribution in [3.63, 3.8) is 0 Å². The molecule has 0 saturated carbocycles. The van der Waals surface area contributed by atoms with E-state index >= 15 is 0 Å². The number of thiazole rings is 1. The predicted molar refractivity (Wildman–Crippen MR) is 108 cm³/mol. The molecule has 0 aliphatic heterocycles. The fourth-order valence-corrected chi connectivity index (χ4v) is 3.35. The molecule has 5 nitrogen and oxygen atoms in total. The van der Waals surface area contributed by atoms with Crippen LogP contribution in [0.15, 0.2) is 46.9 Å². The fraction of sp³-hybridized carbons (Fsp3) is 0.111. The zero-order valence-electron chi connectivity index (χ0n) is 13.7. The molecule has 3 rings (SSSR count). The van der Waals surface area contributed by atoms with E-state index in [0.29, 0.717) is 27.5 Å². The topological polar surface area (TPSA) is 66.7 Å². The number of benzene rings is 2. The van der Waals surface area contributed by atoms with Gasteiger partial charge in [0.05, 0.1) is 23.5 Å². The smallest absolute Gasteiger partial charge is 0.203 e. The van der Waals surface area contributed by atoms with Crippen molar-refractivity contribution < 1.29 is 9.84 Å². The Morgan fingerprint density at radius 2 is 2.12 bits per heavy atom. The molecule has 0 bridgehead atoms. The highest BCUT2D eigenvalue weighted by molar-refractivity contribution is 7.14. The first-order valence-corrected chi connectivity index (χ1v) is 9.36. The number of halogens is 2. The highest BCUT2D eigenvalue weighted by atomic mass is 35.5. The molecule has 0 amide bonds. The molecule has 0 atom stereocenters. The molecule has 0 aliphatic carbocycles. The number of ether oxygens (including phenoxy) is 1. The maximum absolute atomic E-state index is 9.71. The summed E-state index contributed by atoms with van der Waals surface area (Å²) in [4.78, 5) is 4.46. The normalized spacial score (nSPS) is 11.0. The molecule has 134 valence electrons. The third kappa shape index (κ3) is 4.46. The maximum atomic E-state index is 9.71. The predicted octanol–water partition coefficient (Wildman–Crippen LogP) is 5.67. The first-order valence-electron chi connectivity index (χ1n) is 7.72. The monoisotopic (exact) mass is 407 g/mol. The van der Waals surface area contributed by atoms with Gasteiger partial charge in [0.25, 0.3) is 0 Å². The van der Waals surface area contributed by atoms with Crippen molar-refractivity contribution >= 4 is 45.9 Å². The molecule has 0 spiro atoms. The molecule has 2 N–H and O–H groups in total. The molecular formula is C18H15Cl2N3O2S. The van der Waals surface area contributed by atoms with Crippen molar-refractivity contribution in [1.82, 2.24) is 4.98 Å². The molecule has 3 aromatic rings. The lowest BCUT2D eigenvalue weighted by Crippen LogP contribution is -1.94. The summed E-state index contributed by atoms with van der Waals surface area (Å²) in [7, 11) is 0. The molecule has 1 heterocycles. The molecule has 0 radical (unpaired) electrons. The van der Waals surface area contributed by atoms with Gasteiger partial charge in [0.1, 0.15) is 0 Å². The van der Waals surface area contributed by atoms with E-state index in [1.165, 1.54) is 11.3 Å². The van der Waals surface area contributed by atoms with Crippen molar-refractivity contribution in [3.8, 4) is 22.8 Å². The van der Waals surface area contributed by atoms with Gasteiger partial charge in [-0.05, 0) is 48.9 Å². The summed E-state index contributed by atoms with van der Waals surface area (Å²) in [5.41, 5.74) is 5.23. The van der Waals surface area contributed by atoms with Crippen LogP contribution in [0.3, 0.4) is 0 Å². The number of aromatic nitrogens is 1. The molecule has 1 aromatic heterocycles. The van der Waals surface area contributed by atoms with E-state index in [-0.39, 0.29) is 5.75 Å². The van der Waals surface area contributed by atoms with Gasteiger partial charge in [-0.3, -0.25) is 5.43 Å². The zero-order chi connectivity index (χ0) is 18.5. The molecule has 2 aromatic carbocycles. The number of aromatic hydroxyl groups is 1. The Bertz CT molecular complexity index is 944. The van der Waals surface area contributed by atoms with E-state index in [1.54, 1.807) is 36.5 Å². The van der Waals surface area contributed by atoms with Crippen molar-refractivity contribution in [1.29, 1.82) is 0 Å². The maximum Gasteiger partial charge on any atom is 0.203 e. The largest absolute Gasteiger partial charge is 0.504 e. The minimum Gasteiger partial charge on any atom is -0.504 e. The summed E-state index contributed by atoms with van der Waals surface area (Å²) in [6.45, 7) is 2.33. The van der Waals surface area contributed by atoms with Gasteiger partial charge in [-0.15, -0.1) is 11.3 Å². The van der Waals surface area contributed by atoms with E-state index in [2.05, 4.69) is 15.5 Å². The Kier molecular flexibility index (Phi) is 5.98. The quantitative estimate of drug-likeness (QED) is 0.408. The van der Waals surface area contributed by atoms with Crippen LogP contribution in [0.25, 0.3) is 11.3 Å². The lowest BCUT2D eigenvalue weighted by Gasteiger charge is -2.05. The van der Waals surface area contributed by atoms with Gasteiger partial charge in [0, 0.05) is 16.0 Å². The van der Waals surface area contributed by atoms with Crippen LogP contribution < -0.4 is 10.2 Å². The number of nitrogens with one attached hydrogen (secondary N) is 1. The Morgan fingerprint density at radius 1 is 1.27 bits per heavy atom. The number of hydrogen-bond acceptors (Lipinski definition) is 6. The molecule has 0 aliphatic rings. The van der Waals surface area contributed by atoms with E-state index in [9.17, 15) is 5.11 Å². The molecule has 8 heteroatoms. The van der Waals surface area contributed by atoms with Crippen LogP contribution in [0.2, 0.25) is 10.0 Å². The van der Waals surface area contributed by atoms with Crippen molar-refractivity contribution in [2.75, 3.05) is 12.0 Å². The van der Waals surface area contributed by atoms with Gasteiger partial charge < -0.3 is 9.84 Å². The molecule has 26 heavy (non-hydrogen) atoms. The van der Waals surface area contributed by atoms with Crippen molar-refractivity contribution in [2.45, 2.75) is 6.92 Å². The summed E-state index contributed by atoms with van der Waals surface area (Å²) < 4.78 is 5.35. The summed E-state index contributed by atoms with van der Waals surface area (Å²) in [6, 6.07) is 10.3. The highest BCUT2D eigenvalue weighted by Gasteiger charge is 2.08. The second kappa shape index (κ2) is 8.40. The number of phenols is 1. The first kappa shape index (κ1) is 18.5. The number of rotatable bonds is 6. The molecular weight excluding hydrogens is 393 g/mol. The minimum absolute atomic E-state index is 0.0985. The lowest BCUT2D eigenvalue weighted by molar-refractivity contribution is 0.318.